The fraction of sp³-hybridized carbons (Fsp3) is 0.143. The molecule has 0 spiro atoms. The fourth-order valence-electron chi connectivity index (χ4n) is 3.37. The average Bonchev–Trinajstić information content (AvgIpc) is 2.85. The summed E-state index contributed by atoms with van der Waals surface area (Å²) in [6, 6.07) is 12.1. The van der Waals surface area contributed by atoms with Gasteiger partial charge in [-0.1, -0.05) is 42.0 Å². The van der Waals surface area contributed by atoms with Gasteiger partial charge in [-0.25, -0.2) is 4.98 Å². The predicted octanol–water partition coefficient (Wildman–Crippen LogP) is 4.75. The number of aryl methyl sites for hydroxylation is 1. The van der Waals surface area contributed by atoms with E-state index in [1.807, 2.05) is 43.5 Å². The zero-order valence-corrected chi connectivity index (χ0v) is 15.6. The van der Waals surface area contributed by atoms with Gasteiger partial charge >= 0.3 is 0 Å². The van der Waals surface area contributed by atoms with Crippen LogP contribution >= 0.6 is 15.9 Å². The lowest BCUT2D eigenvalue weighted by atomic mass is 9.90. The number of nitrogens with zero attached hydrogens (tertiary/aromatic N) is 2. The molecule has 3 heterocycles. The minimum absolute atomic E-state index is 0.0906. The standard InChI is InChI=1S/C21H17BrN2O/c1-14-5-7-15(8-6-14)19-18(16-9-10-17(22)23-13-16)20(25)21(2)11-3-4-12-24(19)21/h3-13H,1-2H3. The zero-order valence-electron chi connectivity index (χ0n) is 14.0. The molecule has 4 heteroatoms. The Kier molecular flexibility index (Phi) is 3.73. The van der Waals surface area contributed by atoms with Crippen molar-refractivity contribution >= 4 is 33.0 Å². The second kappa shape index (κ2) is 5.81. The predicted molar refractivity (Wildman–Crippen MR) is 103 cm³/mol. The number of aromatic nitrogens is 1. The lowest BCUT2D eigenvalue weighted by Gasteiger charge is -2.34. The molecule has 4 rings (SSSR count). The maximum absolute atomic E-state index is 13.4. The molecule has 25 heavy (non-hydrogen) atoms. The van der Waals surface area contributed by atoms with Crippen molar-refractivity contribution in [3.05, 3.63) is 88.3 Å². The molecule has 124 valence electrons. The first-order valence-corrected chi connectivity index (χ1v) is 8.93. The van der Waals surface area contributed by atoms with Crippen LogP contribution in [0.15, 0.2) is 71.6 Å². The molecule has 0 bridgehead atoms. The summed E-state index contributed by atoms with van der Waals surface area (Å²) in [5, 5.41) is 0. The zero-order chi connectivity index (χ0) is 17.6. The minimum Gasteiger partial charge on any atom is -0.330 e. The van der Waals surface area contributed by atoms with E-state index in [4.69, 9.17) is 0 Å². The van der Waals surface area contributed by atoms with Gasteiger partial charge in [0.2, 0.25) is 0 Å². The third-order valence-electron chi connectivity index (χ3n) is 4.77. The summed E-state index contributed by atoms with van der Waals surface area (Å²) in [5.41, 5.74) is 4.00. The highest BCUT2D eigenvalue weighted by Gasteiger charge is 2.48. The maximum Gasteiger partial charge on any atom is 0.195 e. The molecule has 2 aliphatic rings. The topological polar surface area (TPSA) is 33.2 Å². The minimum atomic E-state index is -0.697. The first kappa shape index (κ1) is 16.0. The Balaban J connectivity index is 1.98. The van der Waals surface area contributed by atoms with Crippen LogP contribution in [-0.2, 0) is 4.79 Å². The van der Waals surface area contributed by atoms with Crippen molar-refractivity contribution < 1.29 is 4.79 Å². The van der Waals surface area contributed by atoms with Crippen molar-refractivity contribution in [2.75, 3.05) is 0 Å². The number of benzene rings is 1. The van der Waals surface area contributed by atoms with E-state index in [0.29, 0.717) is 5.57 Å². The highest BCUT2D eigenvalue weighted by Crippen LogP contribution is 2.46. The Labute approximate surface area is 155 Å². The van der Waals surface area contributed by atoms with E-state index in [2.05, 4.69) is 57.0 Å². The Morgan fingerprint density at radius 2 is 1.76 bits per heavy atom. The van der Waals surface area contributed by atoms with Crippen LogP contribution in [0.5, 0.6) is 0 Å². The van der Waals surface area contributed by atoms with Gasteiger partial charge in [0.25, 0.3) is 0 Å². The van der Waals surface area contributed by atoms with Crippen LogP contribution in [0.1, 0.15) is 23.6 Å². The molecule has 0 fully saturated rings. The number of ketones is 1. The van der Waals surface area contributed by atoms with E-state index in [-0.39, 0.29) is 5.78 Å². The van der Waals surface area contributed by atoms with Gasteiger partial charge in [0.05, 0.1) is 11.3 Å². The average molecular weight is 393 g/mol. The van der Waals surface area contributed by atoms with Crippen molar-refractivity contribution in [1.82, 2.24) is 9.88 Å². The Morgan fingerprint density at radius 3 is 2.44 bits per heavy atom. The van der Waals surface area contributed by atoms with Gasteiger partial charge in [-0.3, -0.25) is 4.79 Å². The van der Waals surface area contributed by atoms with Crippen LogP contribution < -0.4 is 0 Å². The van der Waals surface area contributed by atoms with Crippen LogP contribution in [-0.4, -0.2) is 21.2 Å². The SMILES string of the molecule is Cc1ccc(C2=C(c3ccc(Br)nc3)C(=O)C3(C)C=CC=CN23)cc1. The van der Waals surface area contributed by atoms with Crippen LogP contribution in [0.25, 0.3) is 11.3 Å². The molecule has 2 aromatic rings. The quantitative estimate of drug-likeness (QED) is 0.691. The first-order valence-electron chi connectivity index (χ1n) is 8.14. The van der Waals surface area contributed by atoms with E-state index in [0.717, 1.165) is 21.4 Å². The molecule has 0 saturated heterocycles. The fourth-order valence-corrected chi connectivity index (χ4v) is 3.61. The number of allylic oxidation sites excluding steroid dienone is 2. The van der Waals surface area contributed by atoms with E-state index >= 15 is 0 Å². The number of fused-ring (bicyclic) bond motifs is 1. The number of hydrogen-bond donors (Lipinski definition) is 0. The largest absolute Gasteiger partial charge is 0.330 e. The smallest absolute Gasteiger partial charge is 0.195 e. The van der Waals surface area contributed by atoms with Crippen molar-refractivity contribution in [3.8, 4) is 0 Å². The van der Waals surface area contributed by atoms with E-state index in [1.54, 1.807) is 6.20 Å². The normalized spacial score (nSPS) is 21.9. The van der Waals surface area contributed by atoms with Crippen molar-refractivity contribution in [2.45, 2.75) is 19.4 Å². The Morgan fingerprint density at radius 1 is 1.04 bits per heavy atom. The van der Waals surface area contributed by atoms with Crippen molar-refractivity contribution in [3.63, 3.8) is 0 Å². The lowest BCUT2D eigenvalue weighted by Crippen LogP contribution is -2.43. The number of Topliss-reactive ketones (excluding diaryl/α,β-unsaturated/α-hetero) is 1. The molecular formula is C21H17BrN2O. The number of halogens is 1. The van der Waals surface area contributed by atoms with E-state index in [9.17, 15) is 4.79 Å². The van der Waals surface area contributed by atoms with Gasteiger partial charge in [-0.15, -0.1) is 0 Å². The molecule has 1 aromatic carbocycles. The van der Waals surface area contributed by atoms with Gasteiger partial charge in [0.1, 0.15) is 10.1 Å². The second-order valence-electron chi connectivity index (χ2n) is 6.51. The number of carbonyl (C=O) groups is 1. The Hall–Kier alpha value is -2.46. The summed E-state index contributed by atoms with van der Waals surface area (Å²) in [4.78, 5) is 19.8. The van der Waals surface area contributed by atoms with Crippen molar-refractivity contribution in [1.29, 1.82) is 0 Å². The highest BCUT2D eigenvalue weighted by molar-refractivity contribution is 9.10. The van der Waals surface area contributed by atoms with Gasteiger partial charge in [0, 0.05) is 18.0 Å². The maximum atomic E-state index is 13.4. The number of hydrogen-bond acceptors (Lipinski definition) is 3. The van der Waals surface area contributed by atoms with Gasteiger partial charge < -0.3 is 4.90 Å². The van der Waals surface area contributed by atoms with Gasteiger partial charge in [0.15, 0.2) is 5.78 Å². The molecule has 0 N–H and O–H groups in total. The van der Waals surface area contributed by atoms with Crippen LogP contribution in [0.2, 0.25) is 0 Å². The molecule has 2 aliphatic heterocycles. The third kappa shape index (κ3) is 2.48. The summed E-state index contributed by atoms with van der Waals surface area (Å²) in [5.74, 6) is 0.0906. The second-order valence-corrected chi connectivity index (χ2v) is 7.32. The van der Waals surface area contributed by atoms with Crippen molar-refractivity contribution in [2.24, 2.45) is 0 Å². The number of rotatable bonds is 2. The third-order valence-corrected chi connectivity index (χ3v) is 5.24. The summed E-state index contributed by atoms with van der Waals surface area (Å²) >= 11 is 3.36. The molecule has 0 saturated carbocycles. The molecule has 0 amide bonds. The molecule has 3 nitrogen and oxygen atoms in total. The number of carbonyl (C=O) groups excluding carboxylic acids is 1. The molecule has 0 aliphatic carbocycles. The van der Waals surface area contributed by atoms with E-state index < -0.39 is 5.54 Å². The highest BCUT2D eigenvalue weighted by atomic mass is 79.9. The van der Waals surface area contributed by atoms with Crippen LogP contribution in [0, 0.1) is 6.92 Å². The first-order chi connectivity index (χ1) is 12.0. The van der Waals surface area contributed by atoms with Crippen LogP contribution in [0.4, 0.5) is 0 Å². The molecule has 0 radical (unpaired) electrons. The molecule has 1 atom stereocenters. The molecule has 1 unspecified atom stereocenters. The Bertz CT molecular complexity index is 939. The summed E-state index contributed by atoms with van der Waals surface area (Å²) in [6.07, 6.45) is 9.59. The summed E-state index contributed by atoms with van der Waals surface area (Å²) < 4.78 is 0.753. The lowest BCUT2D eigenvalue weighted by molar-refractivity contribution is -0.118. The van der Waals surface area contributed by atoms with Gasteiger partial charge in [-0.05, 0) is 53.5 Å². The van der Waals surface area contributed by atoms with Crippen LogP contribution in [0.3, 0.4) is 0 Å². The molecular weight excluding hydrogens is 376 g/mol. The molecule has 1 aromatic heterocycles. The van der Waals surface area contributed by atoms with Gasteiger partial charge in [-0.2, -0.15) is 0 Å². The monoisotopic (exact) mass is 392 g/mol. The summed E-state index contributed by atoms with van der Waals surface area (Å²) in [6.45, 7) is 4.02. The number of pyridine rings is 1. The van der Waals surface area contributed by atoms with E-state index in [1.165, 1.54) is 5.56 Å². The summed E-state index contributed by atoms with van der Waals surface area (Å²) in [7, 11) is 0.